The fraction of sp³-hybridized carbons (Fsp3) is 0.533. The summed E-state index contributed by atoms with van der Waals surface area (Å²) in [5.74, 6) is 0.467. The van der Waals surface area contributed by atoms with Crippen molar-refractivity contribution in [2.24, 2.45) is 5.92 Å². The van der Waals surface area contributed by atoms with Gasteiger partial charge in [-0.1, -0.05) is 0 Å². The molecule has 2 N–H and O–H groups in total. The lowest BCUT2D eigenvalue weighted by Gasteiger charge is -2.15. The molecule has 4 nitrogen and oxygen atoms in total. The first-order valence-corrected chi connectivity index (χ1v) is 7.00. The van der Waals surface area contributed by atoms with Gasteiger partial charge in [0.15, 0.2) is 0 Å². The summed E-state index contributed by atoms with van der Waals surface area (Å²) in [6, 6.07) is 5.89. The molecule has 1 amide bonds. The van der Waals surface area contributed by atoms with Crippen LogP contribution in [-0.2, 0) is 11.2 Å². The second kappa shape index (κ2) is 5.21. The third kappa shape index (κ3) is 2.59. The minimum atomic E-state index is 0.0220. The summed E-state index contributed by atoms with van der Waals surface area (Å²) in [6.07, 6.45) is 2.30. The van der Waals surface area contributed by atoms with Crippen molar-refractivity contribution in [2.75, 3.05) is 25.0 Å². The number of fused-ring (bicyclic) bond motifs is 1. The van der Waals surface area contributed by atoms with Gasteiger partial charge in [0.25, 0.3) is 5.91 Å². The Morgan fingerprint density at radius 2 is 2.42 bits per heavy atom. The molecule has 3 rings (SSSR count). The largest absolute Gasteiger partial charge is 0.384 e. The van der Waals surface area contributed by atoms with Crippen molar-refractivity contribution in [3.05, 3.63) is 29.3 Å². The summed E-state index contributed by atoms with van der Waals surface area (Å²) in [5, 5.41) is 6.32. The Balaban J connectivity index is 1.61. The van der Waals surface area contributed by atoms with Crippen LogP contribution in [-0.4, -0.2) is 31.7 Å². The highest BCUT2D eigenvalue weighted by Gasteiger charge is 2.24. The fourth-order valence-corrected chi connectivity index (χ4v) is 2.82. The van der Waals surface area contributed by atoms with E-state index in [0.29, 0.717) is 12.5 Å². The monoisotopic (exact) mass is 260 g/mol. The molecular weight excluding hydrogens is 240 g/mol. The summed E-state index contributed by atoms with van der Waals surface area (Å²) in [5.41, 5.74) is 3.16. The van der Waals surface area contributed by atoms with Crippen LogP contribution in [0.4, 0.5) is 5.69 Å². The first-order valence-electron chi connectivity index (χ1n) is 7.00. The SMILES string of the molecule is CC1OCCC1CNC(=O)c1ccc2c(c1)CCN2. The Labute approximate surface area is 113 Å². The van der Waals surface area contributed by atoms with Gasteiger partial charge in [0.2, 0.25) is 0 Å². The normalized spacial score (nSPS) is 24.9. The van der Waals surface area contributed by atoms with E-state index in [0.717, 1.165) is 37.2 Å². The van der Waals surface area contributed by atoms with Crippen LogP contribution in [0.2, 0.25) is 0 Å². The van der Waals surface area contributed by atoms with Crippen LogP contribution >= 0.6 is 0 Å². The first-order chi connectivity index (χ1) is 9.24. The molecule has 4 heteroatoms. The Hall–Kier alpha value is -1.55. The standard InChI is InChI=1S/C15H20N2O2/c1-10-13(5-7-19-10)9-17-15(18)12-2-3-14-11(8-12)4-6-16-14/h2-3,8,10,13,16H,4-7,9H2,1H3,(H,17,18). The van der Waals surface area contributed by atoms with Gasteiger partial charge in [0.05, 0.1) is 6.10 Å². The van der Waals surface area contributed by atoms with Gasteiger partial charge in [-0.05, 0) is 43.5 Å². The molecule has 2 unspecified atom stereocenters. The van der Waals surface area contributed by atoms with Gasteiger partial charge in [-0.25, -0.2) is 0 Å². The van der Waals surface area contributed by atoms with Gasteiger partial charge in [-0.15, -0.1) is 0 Å². The first kappa shape index (κ1) is 12.5. The van der Waals surface area contributed by atoms with Crippen molar-refractivity contribution < 1.29 is 9.53 Å². The predicted octanol–water partition coefficient (Wildman–Crippen LogP) is 1.81. The molecule has 102 valence electrons. The van der Waals surface area contributed by atoms with E-state index in [4.69, 9.17) is 4.74 Å². The Kier molecular flexibility index (Phi) is 3.42. The Morgan fingerprint density at radius 3 is 3.21 bits per heavy atom. The van der Waals surface area contributed by atoms with Crippen molar-refractivity contribution in [3.63, 3.8) is 0 Å². The van der Waals surface area contributed by atoms with Gasteiger partial charge >= 0.3 is 0 Å². The second-order valence-corrected chi connectivity index (χ2v) is 5.38. The van der Waals surface area contributed by atoms with Gasteiger partial charge in [-0.3, -0.25) is 4.79 Å². The van der Waals surface area contributed by atoms with Crippen LogP contribution in [0.5, 0.6) is 0 Å². The molecule has 19 heavy (non-hydrogen) atoms. The topological polar surface area (TPSA) is 50.4 Å². The molecule has 0 spiro atoms. The lowest BCUT2D eigenvalue weighted by atomic mass is 10.0. The lowest BCUT2D eigenvalue weighted by molar-refractivity contribution is 0.0907. The number of ether oxygens (including phenoxy) is 1. The molecule has 1 aromatic carbocycles. The molecule has 2 aliphatic rings. The fourth-order valence-electron chi connectivity index (χ4n) is 2.82. The van der Waals surface area contributed by atoms with Crippen LogP contribution in [0.3, 0.4) is 0 Å². The smallest absolute Gasteiger partial charge is 0.251 e. The maximum absolute atomic E-state index is 12.1. The summed E-state index contributed by atoms with van der Waals surface area (Å²) in [7, 11) is 0. The van der Waals surface area contributed by atoms with E-state index >= 15 is 0 Å². The highest BCUT2D eigenvalue weighted by Crippen LogP contribution is 2.23. The number of hydrogen-bond acceptors (Lipinski definition) is 3. The van der Waals surface area contributed by atoms with Crippen molar-refractivity contribution in [3.8, 4) is 0 Å². The second-order valence-electron chi connectivity index (χ2n) is 5.38. The number of anilines is 1. The van der Waals surface area contributed by atoms with Gasteiger partial charge < -0.3 is 15.4 Å². The van der Waals surface area contributed by atoms with E-state index in [2.05, 4.69) is 17.6 Å². The van der Waals surface area contributed by atoms with Crippen molar-refractivity contribution in [1.29, 1.82) is 0 Å². The molecule has 2 atom stereocenters. The van der Waals surface area contributed by atoms with E-state index < -0.39 is 0 Å². The maximum atomic E-state index is 12.1. The number of amides is 1. The van der Waals surface area contributed by atoms with E-state index in [-0.39, 0.29) is 12.0 Å². The molecule has 2 heterocycles. The molecule has 1 aromatic rings. The number of carbonyl (C=O) groups is 1. The molecule has 0 radical (unpaired) electrons. The minimum absolute atomic E-state index is 0.0220. The Bertz CT molecular complexity index is 487. The van der Waals surface area contributed by atoms with Crippen LogP contribution in [0, 0.1) is 5.92 Å². The van der Waals surface area contributed by atoms with Crippen LogP contribution < -0.4 is 10.6 Å². The third-order valence-electron chi connectivity index (χ3n) is 4.14. The number of nitrogens with one attached hydrogen (secondary N) is 2. The molecule has 1 saturated heterocycles. The molecule has 0 aromatic heterocycles. The highest BCUT2D eigenvalue weighted by molar-refractivity contribution is 5.95. The molecular formula is C15H20N2O2. The molecule has 0 bridgehead atoms. The summed E-state index contributed by atoms with van der Waals surface area (Å²) >= 11 is 0. The minimum Gasteiger partial charge on any atom is -0.384 e. The van der Waals surface area contributed by atoms with E-state index in [1.165, 1.54) is 5.56 Å². The summed E-state index contributed by atoms with van der Waals surface area (Å²) in [4.78, 5) is 12.1. The van der Waals surface area contributed by atoms with Crippen LogP contribution in [0.15, 0.2) is 18.2 Å². The molecule has 0 saturated carbocycles. The van der Waals surface area contributed by atoms with Crippen LogP contribution in [0.25, 0.3) is 0 Å². The van der Waals surface area contributed by atoms with Gasteiger partial charge in [0, 0.05) is 36.9 Å². The number of hydrogen-bond donors (Lipinski definition) is 2. The van der Waals surface area contributed by atoms with Gasteiger partial charge in [-0.2, -0.15) is 0 Å². The zero-order chi connectivity index (χ0) is 13.2. The summed E-state index contributed by atoms with van der Waals surface area (Å²) < 4.78 is 5.50. The van der Waals surface area contributed by atoms with E-state index in [1.54, 1.807) is 0 Å². The lowest BCUT2D eigenvalue weighted by Crippen LogP contribution is -2.31. The van der Waals surface area contributed by atoms with Crippen LogP contribution in [0.1, 0.15) is 29.3 Å². The quantitative estimate of drug-likeness (QED) is 0.871. The molecule has 0 aliphatic carbocycles. The summed E-state index contributed by atoms with van der Waals surface area (Å²) in [6.45, 7) is 4.56. The highest BCUT2D eigenvalue weighted by atomic mass is 16.5. The zero-order valence-electron chi connectivity index (χ0n) is 11.2. The predicted molar refractivity (Wildman–Crippen MR) is 74.5 cm³/mol. The van der Waals surface area contributed by atoms with E-state index in [9.17, 15) is 4.79 Å². The van der Waals surface area contributed by atoms with Crippen molar-refractivity contribution >= 4 is 11.6 Å². The maximum Gasteiger partial charge on any atom is 0.251 e. The van der Waals surface area contributed by atoms with E-state index in [1.807, 2.05) is 18.2 Å². The molecule has 1 fully saturated rings. The number of carbonyl (C=O) groups excluding carboxylic acids is 1. The van der Waals surface area contributed by atoms with Gasteiger partial charge in [0.1, 0.15) is 0 Å². The Morgan fingerprint density at radius 1 is 1.53 bits per heavy atom. The molecule has 2 aliphatic heterocycles. The van der Waals surface area contributed by atoms with Crippen molar-refractivity contribution in [2.45, 2.75) is 25.9 Å². The average molecular weight is 260 g/mol. The van der Waals surface area contributed by atoms with Crippen molar-refractivity contribution in [1.82, 2.24) is 5.32 Å². The zero-order valence-corrected chi connectivity index (χ0v) is 11.2. The number of rotatable bonds is 3. The third-order valence-corrected chi connectivity index (χ3v) is 4.14. The average Bonchev–Trinajstić information content (AvgIpc) is 3.03. The number of benzene rings is 1.